The molecule has 4 aliphatic rings. The number of ether oxygens (including phenoxy) is 1. The van der Waals surface area contributed by atoms with E-state index in [9.17, 15) is 24.1 Å². The third-order valence-electron chi connectivity index (χ3n) is 10.6. The van der Waals surface area contributed by atoms with E-state index in [0.717, 1.165) is 44.9 Å². The van der Waals surface area contributed by atoms with E-state index in [0.29, 0.717) is 42.3 Å². The molecule has 0 aromatic carbocycles. The van der Waals surface area contributed by atoms with Crippen LogP contribution in [0.5, 0.6) is 0 Å². The largest absolute Gasteiger partial charge is 0.515 e. The van der Waals surface area contributed by atoms with Crippen molar-refractivity contribution in [2.75, 3.05) is 6.61 Å². The van der Waals surface area contributed by atoms with Crippen LogP contribution in [0.4, 0.5) is 4.79 Å². The van der Waals surface area contributed by atoms with E-state index in [4.69, 9.17) is 13.8 Å². The molecule has 0 amide bonds. The minimum Gasteiger partial charge on any atom is -0.480 e. The Bertz CT molecular complexity index is 957. The summed E-state index contributed by atoms with van der Waals surface area (Å²) in [6.07, 6.45) is 7.30. The Labute approximate surface area is 220 Å². The maximum Gasteiger partial charge on any atom is 0.515 e. The van der Waals surface area contributed by atoms with Crippen LogP contribution in [0, 0.1) is 40.4 Å². The Morgan fingerprint density at radius 2 is 1.70 bits per heavy atom. The zero-order valence-electron chi connectivity index (χ0n) is 22.9. The molecule has 0 unspecified atom stereocenters. The first-order valence-corrected chi connectivity index (χ1v) is 15.5. The highest BCUT2D eigenvalue weighted by atomic mass is 31.2. The summed E-state index contributed by atoms with van der Waals surface area (Å²) in [6, 6.07) is -1.23. The van der Waals surface area contributed by atoms with Crippen LogP contribution in [-0.4, -0.2) is 41.8 Å². The van der Waals surface area contributed by atoms with Crippen molar-refractivity contribution in [3.63, 3.8) is 0 Å². The summed E-state index contributed by atoms with van der Waals surface area (Å²) in [4.78, 5) is 35.7. The van der Waals surface area contributed by atoms with Gasteiger partial charge in [-0.25, -0.2) is 9.36 Å². The molecule has 0 aliphatic heterocycles. The molecule has 0 saturated heterocycles. The first-order chi connectivity index (χ1) is 17.3. The fraction of sp³-hybridized carbons (Fsp3) is 0.889. The molecule has 0 aromatic rings. The van der Waals surface area contributed by atoms with E-state index in [1.54, 1.807) is 13.8 Å². The van der Waals surface area contributed by atoms with E-state index in [-0.39, 0.29) is 23.4 Å². The van der Waals surface area contributed by atoms with Crippen LogP contribution in [0.3, 0.4) is 0 Å². The van der Waals surface area contributed by atoms with E-state index >= 15 is 0 Å². The molecule has 37 heavy (non-hydrogen) atoms. The number of carbonyl (C=O) groups is 3. The van der Waals surface area contributed by atoms with Gasteiger partial charge in [0.15, 0.2) is 0 Å². The smallest absolute Gasteiger partial charge is 0.480 e. The second-order valence-corrected chi connectivity index (χ2v) is 14.1. The van der Waals surface area contributed by atoms with Gasteiger partial charge in [0.25, 0.3) is 0 Å². The summed E-state index contributed by atoms with van der Waals surface area (Å²) in [5.41, 5.74) is 0.270. The van der Waals surface area contributed by atoms with Crippen LogP contribution in [0.1, 0.15) is 92.4 Å². The van der Waals surface area contributed by atoms with E-state index in [1.165, 1.54) is 6.92 Å². The highest BCUT2D eigenvalue weighted by Gasteiger charge is 2.61. The van der Waals surface area contributed by atoms with Gasteiger partial charge in [-0.3, -0.25) is 14.1 Å². The van der Waals surface area contributed by atoms with Crippen molar-refractivity contribution in [2.24, 2.45) is 40.4 Å². The molecular formula is C27H44NO8P. The minimum absolute atomic E-state index is 0.0347. The molecule has 4 fully saturated rings. The van der Waals surface area contributed by atoms with Gasteiger partial charge in [-0.1, -0.05) is 13.8 Å². The second-order valence-electron chi connectivity index (χ2n) is 12.4. The number of Topliss-reactive ketones (excluding diaryl/α,β-unsaturated/α-hetero) is 1. The lowest BCUT2D eigenvalue weighted by molar-refractivity contribution is -0.138. The molecule has 2 N–H and O–H groups in total. The number of ketones is 1. The third-order valence-corrected chi connectivity index (χ3v) is 12.2. The van der Waals surface area contributed by atoms with E-state index in [2.05, 4.69) is 18.9 Å². The number of carboxylic acids is 1. The van der Waals surface area contributed by atoms with Crippen molar-refractivity contribution >= 4 is 25.7 Å². The Hall–Kier alpha value is -1.44. The maximum absolute atomic E-state index is 13.4. The van der Waals surface area contributed by atoms with Gasteiger partial charge in [-0.15, -0.1) is 0 Å². The number of hydrogen-bond donors (Lipinski definition) is 2. The predicted octanol–water partition coefficient (Wildman–Crippen LogP) is 5.96. The lowest BCUT2D eigenvalue weighted by atomic mass is 9.44. The maximum atomic E-state index is 13.4. The fourth-order valence-electron chi connectivity index (χ4n) is 8.79. The van der Waals surface area contributed by atoms with Gasteiger partial charge in [-0.2, -0.15) is 5.09 Å². The topological polar surface area (TPSA) is 128 Å². The first-order valence-electron chi connectivity index (χ1n) is 14.0. The highest BCUT2D eigenvalue weighted by Crippen LogP contribution is 2.68. The van der Waals surface area contributed by atoms with Crippen molar-refractivity contribution in [3.8, 4) is 0 Å². The van der Waals surface area contributed by atoms with E-state index < -0.39 is 32.0 Å². The zero-order chi connectivity index (χ0) is 27.2. The third kappa shape index (κ3) is 5.38. The van der Waals surface area contributed by atoms with Crippen LogP contribution in [0.15, 0.2) is 0 Å². The summed E-state index contributed by atoms with van der Waals surface area (Å²) in [5, 5.41) is 11.7. The highest BCUT2D eigenvalue weighted by molar-refractivity contribution is 7.52. The molecule has 4 rings (SSSR count). The standard InChI is InChI=1S/C27H44NO8P/c1-6-34-25(32)36-37(33,28-16(2)24(30)31)35-19-11-13-26(4)18(15-19)7-8-20-22-10-9-21(17(3)29)27(22,5)14-12-23(20)26/h16,18-23H,6-15H2,1-5H3,(H,28,33)(H,30,31)/t16-,18-,19+,20-,21+,22-,23-,26-,27+,37-/m0/s1. The molecule has 4 aliphatic carbocycles. The number of nitrogens with one attached hydrogen (secondary N) is 1. The molecule has 0 radical (unpaired) electrons. The number of rotatable bonds is 8. The second kappa shape index (κ2) is 10.6. The van der Waals surface area contributed by atoms with Crippen molar-refractivity contribution in [1.82, 2.24) is 5.09 Å². The molecule has 0 aromatic heterocycles. The molecule has 210 valence electrons. The van der Waals surface area contributed by atoms with Crippen LogP contribution in [-0.2, 0) is 27.9 Å². The monoisotopic (exact) mass is 541 g/mol. The molecule has 9 nitrogen and oxygen atoms in total. The average molecular weight is 542 g/mol. The molecule has 0 heterocycles. The van der Waals surface area contributed by atoms with Crippen LogP contribution in [0.2, 0.25) is 0 Å². The number of hydrogen-bond acceptors (Lipinski definition) is 7. The first kappa shape index (κ1) is 28.6. The number of aliphatic carboxylic acids is 1. The van der Waals surface area contributed by atoms with Gasteiger partial charge in [0.05, 0.1) is 12.7 Å². The van der Waals surface area contributed by atoms with Crippen LogP contribution >= 0.6 is 7.75 Å². The summed E-state index contributed by atoms with van der Waals surface area (Å²) >= 11 is 0. The van der Waals surface area contributed by atoms with Gasteiger partial charge in [-0.05, 0) is 113 Å². The SMILES string of the molecule is CCOC(=O)O[P@](=O)(N[C@@H](C)C(=O)O)O[C@@H]1CC[C@@]2(C)[C@@H](CC[C@@H]3[C@@H]2CC[C@]2(C)[C@@H](C(C)=O)CC[C@@H]32)C1. The fourth-order valence-corrected chi connectivity index (χ4v) is 10.4. The summed E-state index contributed by atoms with van der Waals surface area (Å²) in [5.74, 6) is 1.54. The number of fused-ring (bicyclic) bond motifs is 5. The normalized spacial score (nSPS) is 41.3. The van der Waals surface area contributed by atoms with Crippen molar-refractivity contribution in [1.29, 1.82) is 0 Å². The van der Waals surface area contributed by atoms with Gasteiger partial charge in [0, 0.05) is 5.92 Å². The van der Waals surface area contributed by atoms with Crippen molar-refractivity contribution in [2.45, 2.75) is 105 Å². The van der Waals surface area contributed by atoms with Crippen molar-refractivity contribution < 1.29 is 37.8 Å². The summed E-state index contributed by atoms with van der Waals surface area (Å²) in [7, 11) is -4.26. The van der Waals surface area contributed by atoms with Crippen LogP contribution in [0.25, 0.3) is 0 Å². The Morgan fingerprint density at radius 3 is 2.35 bits per heavy atom. The summed E-state index contributed by atoms with van der Waals surface area (Å²) in [6.45, 7) is 9.48. The molecule has 0 spiro atoms. The van der Waals surface area contributed by atoms with Gasteiger partial charge >= 0.3 is 19.9 Å². The van der Waals surface area contributed by atoms with Crippen LogP contribution < -0.4 is 5.09 Å². The molecular weight excluding hydrogens is 497 g/mol. The molecule has 10 heteroatoms. The quantitative estimate of drug-likeness (QED) is 0.282. The van der Waals surface area contributed by atoms with Gasteiger partial charge in [0.1, 0.15) is 11.8 Å². The summed E-state index contributed by atoms with van der Waals surface area (Å²) < 4.78 is 29.1. The number of carboxylic acid groups (broad SMARTS) is 1. The Balaban J connectivity index is 1.46. The molecule has 0 bridgehead atoms. The average Bonchev–Trinajstić information content (AvgIpc) is 3.16. The van der Waals surface area contributed by atoms with Crippen molar-refractivity contribution in [3.05, 3.63) is 0 Å². The number of carbonyl (C=O) groups excluding carboxylic acids is 2. The molecule has 4 saturated carbocycles. The Kier molecular flexibility index (Phi) is 8.19. The zero-order valence-corrected chi connectivity index (χ0v) is 23.8. The van der Waals surface area contributed by atoms with Gasteiger partial charge in [0.2, 0.25) is 0 Å². The Morgan fingerprint density at radius 1 is 1.03 bits per heavy atom. The van der Waals surface area contributed by atoms with E-state index in [1.807, 2.05) is 0 Å². The minimum atomic E-state index is -4.26. The van der Waals surface area contributed by atoms with Gasteiger partial charge < -0.3 is 14.4 Å². The lowest BCUT2D eigenvalue weighted by Gasteiger charge is -2.61. The lowest BCUT2D eigenvalue weighted by Crippen LogP contribution is -2.54. The molecule has 10 atom stereocenters. The predicted molar refractivity (Wildman–Crippen MR) is 137 cm³/mol.